The van der Waals surface area contributed by atoms with Crippen LogP contribution in [0.25, 0.3) is 0 Å². The molecule has 1 aromatic carbocycles. The van der Waals surface area contributed by atoms with Crippen molar-refractivity contribution < 1.29 is 4.74 Å². The second-order valence-corrected chi connectivity index (χ2v) is 4.27. The monoisotopic (exact) mass is 248 g/mol. The largest absolute Gasteiger partial charge is 0.436 e. The van der Waals surface area contributed by atoms with Gasteiger partial charge < -0.3 is 4.74 Å². The molecule has 3 nitrogen and oxygen atoms in total. The van der Waals surface area contributed by atoms with Crippen LogP contribution < -0.4 is 4.74 Å². The topological polar surface area (TPSA) is 35.0 Å². The number of aromatic nitrogens is 2. The molecule has 88 valence electrons. The highest BCUT2D eigenvalue weighted by Crippen LogP contribution is 2.31. The van der Waals surface area contributed by atoms with Gasteiger partial charge in [0.2, 0.25) is 0 Å². The summed E-state index contributed by atoms with van der Waals surface area (Å²) in [6.07, 6.45) is 3.09. The highest BCUT2D eigenvalue weighted by molar-refractivity contribution is 6.30. The van der Waals surface area contributed by atoms with Crippen LogP contribution in [-0.2, 0) is 0 Å². The van der Waals surface area contributed by atoms with Crippen molar-refractivity contribution in [3.05, 3.63) is 46.4 Å². The van der Waals surface area contributed by atoms with Gasteiger partial charge in [-0.1, -0.05) is 23.7 Å². The van der Waals surface area contributed by atoms with E-state index < -0.39 is 0 Å². The summed E-state index contributed by atoms with van der Waals surface area (Å²) in [6, 6.07) is 4.08. The maximum absolute atomic E-state index is 5.92. The van der Waals surface area contributed by atoms with Gasteiger partial charge >= 0.3 is 0 Å². The van der Waals surface area contributed by atoms with Crippen molar-refractivity contribution in [2.75, 3.05) is 0 Å². The van der Waals surface area contributed by atoms with E-state index in [0.717, 1.165) is 16.9 Å². The average molecular weight is 249 g/mol. The van der Waals surface area contributed by atoms with E-state index in [4.69, 9.17) is 16.3 Å². The van der Waals surface area contributed by atoms with E-state index in [1.165, 1.54) is 11.8 Å². The van der Waals surface area contributed by atoms with Crippen LogP contribution in [0.2, 0.25) is 5.15 Å². The number of benzene rings is 1. The molecule has 2 aromatic rings. The molecule has 4 heteroatoms. The molecule has 0 aliphatic heterocycles. The fraction of sp³-hybridized carbons (Fsp3) is 0.231. The highest BCUT2D eigenvalue weighted by atomic mass is 35.5. The SMILES string of the molecule is Cc1ccc(C)c(Oc2nccnc2Cl)c1C. The molecule has 0 aliphatic rings. The molecule has 1 aromatic heterocycles. The van der Waals surface area contributed by atoms with Crippen molar-refractivity contribution in [2.24, 2.45) is 0 Å². The molecule has 0 unspecified atom stereocenters. The minimum atomic E-state index is 0.271. The van der Waals surface area contributed by atoms with Crippen molar-refractivity contribution in [2.45, 2.75) is 20.8 Å². The zero-order valence-corrected chi connectivity index (χ0v) is 10.7. The molecular formula is C13H13ClN2O. The minimum Gasteiger partial charge on any atom is -0.436 e. The van der Waals surface area contributed by atoms with Gasteiger partial charge in [-0.15, -0.1) is 0 Å². The first-order chi connectivity index (χ1) is 8.09. The van der Waals surface area contributed by atoms with Crippen LogP contribution in [0.15, 0.2) is 24.5 Å². The molecule has 0 radical (unpaired) electrons. The molecule has 0 fully saturated rings. The molecule has 0 saturated heterocycles. The lowest BCUT2D eigenvalue weighted by Crippen LogP contribution is -1.96. The smallest absolute Gasteiger partial charge is 0.257 e. The Hall–Kier alpha value is -1.61. The van der Waals surface area contributed by atoms with Crippen LogP contribution in [0.4, 0.5) is 0 Å². The van der Waals surface area contributed by atoms with E-state index in [-0.39, 0.29) is 5.15 Å². The Morgan fingerprint density at radius 3 is 2.35 bits per heavy atom. The number of halogens is 1. The van der Waals surface area contributed by atoms with Crippen molar-refractivity contribution in [1.82, 2.24) is 9.97 Å². The lowest BCUT2D eigenvalue weighted by molar-refractivity contribution is 0.453. The molecule has 0 amide bonds. The third kappa shape index (κ3) is 2.39. The van der Waals surface area contributed by atoms with E-state index in [1.54, 1.807) is 6.20 Å². The third-order valence-corrected chi connectivity index (χ3v) is 2.95. The molecule has 0 atom stereocenters. The lowest BCUT2D eigenvalue weighted by Gasteiger charge is -2.13. The maximum atomic E-state index is 5.92. The number of hydrogen-bond donors (Lipinski definition) is 0. The predicted octanol–water partition coefficient (Wildman–Crippen LogP) is 3.85. The second kappa shape index (κ2) is 4.72. The van der Waals surface area contributed by atoms with Crippen LogP contribution >= 0.6 is 11.6 Å². The van der Waals surface area contributed by atoms with Gasteiger partial charge in [0.1, 0.15) is 5.75 Å². The predicted molar refractivity (Wildman–Crippen MR) is 67.8 cm³/mol. The van der Waals surface area contributed by atoms with Gasteiger partial charge in [0, 0.05) is 12.4 Å². The highest BCUT2D eigenvalue weighted by Gasteiger charge is 2.11. The Bertz CT molecular complexity index is 555. The van der Waals surface area contributed by atoms with E-state index in [0.29, 0.717) is 5.88 Å². The Balaban J connectivity index is 2.43. The summed E-state index contributed by atoms with van der Waals surface area (Å²) in [7, 11) is 0. The van der Waals surface area contributed by atoms with Crippen molar-refractivity contribution in [1.29, 1.82) is 0 Å². The number of ether oxygens (including phenoxy) is 1. The van der Waals surface area contributed by atoms with Gasteiger partial charge in [0.05, 0.1) is 0 Å². The Labute approximate surface area is 105 Å². The number of hydrogen-bond acceptors (Lipinski definition) is 3. The number of rotatable bonds is 2. The molecule has 1 heterocycles. The molecular weight excluding hydrogens is 236 g/mol. The molecule has 0 spiro atoms. The summed E-state index contributed by atoms with van der Waals surface area (Å²) < 4.78 is 5.75. The zero-order chi connectivity index (χ0) is 12.4. The van der Waals surface area contributed by atoms with Crippen LogP contribution in [-0.4, -0.2) is 9.97 Å². The normalized spacial score (nSPS) is 10.4. The van der Waals surface area contributed by atoms with Gasteiger partial charge in [-0.2, -0.15) is 0 Å². The van der Waals surface area contributed by atoms with Gasteiger partial charge in [0.25, 0.3) is 5.88 Å². The van der Waals surface area contributed by atoms with Gasteiger partial charge in [-0.05, 0) is 37.5 Å². The van der Waals surface area contributed by atoms with E-state index in [1.807, 2.05) is 26.8 Å². The van der Waals surface area contributed by atoms with Crippen LogP contribution in [0.1, 0.15) is 16.7 Å². The Morgan fingerprint density at radius 1 is 1.00 bits per heavy atom. The van der Waals surface area contributed by atoms with Crippen LogP contribution in [0, 0.1) is 20.8 Å². The van der Waals surface area contributed by atoms with Gasteiger partial charge in [-0.25, -0.2) is 9.97 Å². The van der Waals surface area contributed by atoms with Crippen molar-refractivity contribution in [3.8, 4) is 11.6 Å². The standard InChI is InChI=1S/C13H13ClN2O/c1-8-4-5-9(2)11(10(8)3)17-13-12(14)15-6-7-16-13/h4-7H,1-3H3. The summed E-state index contributed by atoms with van der Waals surface area (Å²) in [4.78, 5) is 8.00. The molecule has 0 saturated carbocycles. The summed E-state index contributed by atoms with van der Waals surface area (Å²) >= 11 is 5.92. The summed E-state index contributed by atoms with van der Waals surface area (Å²) in [5.74, 6) is 1.14. The summed E-state index contributed by atoms with van der Waals surface area (Å²) in [6.45, 7) is 6.05. The minimum absolute atomic E-state index is 0.271. The van der Waals surface area contributed by atoms with Crippen molar-refractivity contribution >= 4 is 11.6 Å². The van der Waals surface area contributed by atoms with Crippen LogP contribution in [0.3, 0.4) is 0 Å². The van der Waals surface area contributed by atoms with Crippen LogP contribution in [0.5, 0.6) is 11.6 Å². The maximum Gasteiger partial charge on any atom is 0.257 e. The third-order valence-electron chi connectivity index (χ3n) is 2.70. The quantitative estimate of drug-likeness (QED) is 0.810. The Morgan fingerprint density at radius 2 is 1.65 bits per heavy atom. The molecule has 2 rings (SSSR count). The van der Waals surface area contributed by atoms with Crippen molar-refractivity contribution in [3.63, 3.8) is 0 Å². The molecule has 17 heavy (non-hydrogen) atoms. The summed E-state index contributed by atoms with van der Waals surface area (Å²) in [5, 5.41) is 0.271. The fourth-order valence-electron chi connectivity index (χ4n) is 1.56. The van der Waals surface area contributed by atoms with E-state index >= 15 is 0 Å². The average Bonchev–Trinajstić information content (AvgIpc) is 2.32. The van der Waals surface area contributed by atoms with E-state index in [2.05, 4.69) is 16.0 Å². The first-order valence-electron chi connectivity index (χ1n) is 5.30. The van der Waals surface area contributed by atoms with E-state index in [9.17, 15) is 0 Å². The Kier molecular flexibility index (Phi) is 3.29. The van der Waals surface area contributed by atoms with Gasteiger partial charge in [0.15, 0.2) is 5.15 Å². The second-order valence-electron chi connectivity index (χ2n) is 3.91. The first-order valence-corrected chi connectivity index (χ1v) is 5.68. The first kappa shape index (κ1) is 11.9. The summed E-state index contributed by atoms with van der Waals surface area (Å²) in [5.41, 5.74) is 3.31. The molecule has 0 N–H and O–H groups in total. The lowest BCUT2D eigenvalue weighted by atomic mass is 10.1. The molecule has 0 aliphatic carbocycles. The molecule has 0 bridgehead atoms. The number of aryl methyl sites for hydroxylation is 2. The number of nitrogens with zero attached hydrogens (tertiary/aromatic N) is 2. The fourth-order valence-corrected chi connectivity index (χ4v) is 1.70. The zero-order valence-electron chi connectivity index (χ0n) is 9.99. The van der Waals surface area contributed by atoms with Gasteiger partial charge in [-0.3, -0.25) is 0 Å².